The predicted molar refractivity (Wildman–Crippen MR) is 104 cm³/mol. The van der Waals surface area contributed by atoms with Crippen molar-refractivity contribution >= 4 is 34.9 Å². The SMILES string of the molecule is CCn1cc(C(=O)O)c(=O)c2cc(SCCNC(=O)OC(C)(C)C)cnc21. The largest absolute Gasteiger partial charge is 0.477 e. The Balaban J connectivity index is 2.12. The zero-order chi connectivity index (χ0) is 20.2. The molecule has 0 saturated heterocycles. The molecule has 0 radical (unpaired) electrons. The number of alkyl carbamates (subject to hydrolysis) is 1. The van der Waals surface area contributed by atoms with Crippen LogP contribution in [0.5, 0.6) is 0 Å². The summed E-state index contributed by atoms with van der Waals surface area (Å²) < 4.78 is 6.79. The molecule has 0 atom stereocenters. The molecule has 0 aliphatic rings. The van der Waals surface area contributed by atoms with Crippen molar-refractivity contribution in [2.75, 3.05) is 12.3 Å². The van der Waals surface area contributed by atoms with E-state index in [1.807, 2.05) is 6.92 Å². The van der Waals surface area contributed by atoms with Crippen LogP contribution in [0.1, 0.15) is 38.1 Å². The zero-order valence-corrected chi connectivity index (χ0v) is 16.6. The van der Waals surface area contributed by atoms with Crippen LogP contribution in [0.2, 0.25) is 0 Å². The first-order valence-electron chi connectivity index (χ1n) is 8.48. The van der Waals surface area contributed by atoms with Gasteiger partial charge in [-0.3, -0.25) is 4.79 Å². The molecule has 0 aliphatic carbocycles. The molecule has 2 aromatic rings. The number of carbonyl (C=O) groups excluding carboxylic acids is 1. The molecule has 0 fully saturated rings. The zero-order valence-electron chi connectivity index (χ0n) is 15.7. The van der Waals surface area contributed by atoms with Crippen molar-refractivity contribution in [1.82, 2.24) is 14.9 Å². The fourth-order valence-corrected chi connectivity index (χ4v) is 3.13. The fraction of sp³-hybridized carbons (Fsp3) is 0.444. The summed E-state index contributed by atoms with van der Waals surface area (Å²) in [6.07, 6.45) is 2.46. The van der Waals surface area contributed by atoms with Gasteiger partial charge >= 0.3 is 12.1 Å². The monoisotopic (exact) mass is 393 g/mol. The van der Waals surface area contributed by atoms with Gasteiger partial charge in [0.15, 0.2) is 0 Å². The number of aryl methyl sites for hydroxylation is 1. The van der Waals surface area contributed by atoms with Crippen molar-refractivity contribution in [3.63, 3.8) is 0 Å². The summed E-state index contributed by atoms with van der Waals surface area (Å²) in [5.41, 5.74) is -0.937. The number of carboxylic acids is 1. The minimum absolute atomic E-state index is 0.266. The van der Waals surface area contributed by atoms with Crippen molar-refractivity contribution in [2.24, 2.45) is 0 Å². The van der Waals surface area contributed by atoms with Crippen molar-refractivity contribution in [1.29, 1.82) is 0 Å². The Bertz CT molecular complexity index is 918. The minimum atomic E-state index is -1.26. The van der Waals surface area contributed by atoms with E-state index >= 15 is 0 Å². The number of aromatic nitrogens is 2. The summed E-state index contributed by atoms with van der Waals surface area (Å²) in [6, 6.07) is 1.64. The summed E-state index contributed by atoms with van der Waals surface area (Å²) in [6.45, 7) is 8.09. The average Bonchev–Trinajstić information content (AvgIpc) is 2.57. The number of hydrogen-bond acceptors (Lipinski definition) is 6. The maximum Gasteiger partial charge on any atom is 0.407 e. The van der Waals surface area contributed by atoms with E-state index in [4.69, 9.17) is 4.74 Å². The molecule has 8 nitrogen and oxygen atoms in total. The lowest BCUT2D eigenvalue weighted by Gasteiger charge is -2.19. The Morgan fingerprint density at radius 3 is 2.67 bits per heavy atom. The normalized spacial score (nSPS) is 11.4. The van der Waals surface area contributed by atoms with E-state index in [9.17, 15) is 19.5 Å². The van der Waals surface area contributed by atoms with Crippen LogP contribution in [0, 0.1) is 0 Å². The van der Waals surface area contributed by atoms with E-state index in [0.717, 1.165) is 4.90 Å². The molecular weight excluding hydrogens is 370 g/mol. The van der Waals surface area contributed by atoms with Gasteiger partial charge in [-0.2, -0.15) is 0 Å². The maximum atomic E-state index is 12.4. The maximum absolute atomic E-state index is 12.4. The highest BCUT2D eigenvalue weighted by atomic mass is 32.2. The topological polar surface area (TPSA) is 111 Å². The van der Waals surface area contributed by atoms with Crippen molar-refractivity contribution in [2.45, 2.75) is 44.7 Å². The van der Waals surface area contributed by atoms with Crippen LogP contribution in [-0.4, -0.2) is 44.6 Å². The molecule has 0 unspecified atom stereocenters. The third kappa shape index (κ3) is 5.46. The number of aromatic carboxylic acids is 1. The number of pyridine rings is 2. The van der Waals surface area contributed by atoms with E-state index in [0.29, 0.717) is 24.5 Å². The first-order chi connectivity index (χ1) is 12.6. The van der Waals surface area contributed by atoms with Crippen LogP contribution >= 0.6 is 11.8 Å². The third-order valence-corrected chi connectivity index (χ3v) is 4.46. The van der Waals surface area contributed by atoms with E-state index in [1.165, 1.54) is 18.0 Å². The molecule has 0 aliphatic heterocycles. The second-order valence-corrected chi connectivity index (χ2v) is 7.95. The number of ether oxygens (including phenoxy) is 1. The van der Waals surface area contributed by atoms with Gasteiger partial charge in [-0.25, -0.2) is 14.6 Å². The van der Waals surface area contributed by atoms with Gasteiger partial charge in [0, 0.05) is 36.1 Å². The van der Waals surface area contributed by atoms with Crippen molar-refractivity contribution in [3.05, 3.63) is 34.2 Å². The molecule has 2 rings (SSSR count). The fourth-order valence-electron chi connectivity index (χ4n) is 2.36. The molecule has 9 heteroatoms. The molecule has 146 valence electrons. The number of carboxylic acid groups (broad SMARTS) is 1. The van der Waals surface area contributed by atoms with Crippen LogP contribution in [0.3, 0.4) is 0 Å². The summed E-state index contributed by atoms with van der Waals surface area (Å²) in [4.78, 5) is 40.4. The first-order valence-corrected chi connectivity index (χ1v) is 9.47. The standard InChI is InChI=1S/C18H23N3O5S/c1-5-21-10-13(16(23)24)14(22)12-8-11(9-20-15(12)21)27-7-6-19-17(25)26-18(2,3)4/h8-10H,5-7H2,1-4H3,(H,19,25)(H,23,24). The summed E-state index contributed by atoms with van der Waals surface area (Å²) in [7, 11) is 0. The molecule has 1 amide bonds. The Labute approximate surface area is 160 Å². The smallest absolute Gasteiger partial charge is 0.407 e. The summed E-state index contributed by atoms with van der Waals surface area (Å²) >= 11 is 1.40. The van der Waals surface area contributed by atoms with Gasteiger partial charge in [-0.15, -0.1) is 11.8 Å². The molecule has 0 spiro atoms. The van der Waals surface area contributed by atoms with Crippen LogP contribution in [0.25, 0.3) is 11.0 Å². The van der Waals surface area contributed by atoms with Gasteiger partial charge in [-0.05, 0) is 33.8 Å². The van der Waals surface area contributed by atoms with Crippen LogP contribution < -0.4 is 10.7 Å². The third-order valence-electron chi connectivity index (χ3n) is 3.50. The number of nitrogens with one attached hydrogen (secondary N) is 1. The van der Waals surface area contributed by atoms with Gasteiger partial charge < -0.3 is 19.7 Å². The molecule has 0 aromatic carbocycles. The van der Waals surface area contributed by atoms with Gasteiger partial charge in [0.1, 0.15) is 16.8 Å². The number of hydrogen-bond donors (Lipinski definition) is 2. The van der Waals surface area contributed by atoms with Gasteiger partial charge in [-0.1, -0.05) is 0 Å². The van der Waals surface area contributed by atoms with E-state index < -0.39 is 23.1 Å². The summed E-state index contributed by atoms with van der Waals surface area (Å²) in [5.74, 6) is -0.712. The van der Waals surface area contributed by atoms with Gasteiger partial charge in [0.25, 0.3) is 0 Å². The van der Waals surface area contributed by atoms with Crippen molar-refractivity contribution < 1.29 is 19.4 Å². The first kappa shape index (κ1) is 20.8. The van der Waals surface area contributed by atoms with Crippen LogP contribution in [-0.2, 0) is 11.3 Å². The highest BCUT2D eigenvalue weighted by molar-refractivity contribution is 7.99. The molecule has 27 heavy (non-hydrogen) atoms. The Kier molecular flexibility index (Phi) is 6.48. The van der Waals surface area contributed by atoms with Crippen LogP contribution in [0.4, 0.5) is 4.79 Å². The van der Waals surface area contributed by atoms with Crippen LogP contribution in [0.15, 0.2) is 28.2 Å². The Morgan fingerprint density at radius 1 is 1.37 bits per heavy atom. The molecule has 2 N–H and O–H groups in total. The van der Waals surface area contributed by atoms with E-state index in [-0.39, 0.29) is 10.9 Å². The highest BCUT2D eigenvalue weighted by Gasteiger charge is 2.16. The van der Waals surface area contributed by atoms with Gasteiger partial charge in [0.05, 0.1) is 5.39 Å². The predicted octanol–water partition coefficient (Wildman–Crippen LogP) is 2.73. The number of carbonyl (C=O) groups is 2. The molecule has 2 aromatic heterocycles. The lowest BCUT2D eigenvalue weighted by Crippen LogP contribution is -2.33. The Morgan fingerprint density at radius 2 is 2.07 bits per heavy atom. The summed E-state index contributed by atoms with van der Waals surface area (Å²) in [5, 5.41) is 12.1. The molecule has 0 bridgehead atoms. The lowest BCUT2D eigenvalue weighted by molar-refractivity contribution is 0.0530. The average molecular weight is 393 g/mol. The number of fused-ring (bicyclic) bond motifs is 1. The lowest BCUT2D eigenvalue weighted by atomic mass is 10.2. The van der Waals surface area contributed by atoms with Gasteiger partial charge in [0.2, 0.25) is 5.43 Å². The number of amides is 1. The van der Waals surface area contributed by atoms with Crippen molar-refractivity contribution in [3.8, 4) is 0 Å². The second-order valence-electron chi connectivity index (χ2n) is 6.78. The number of thioether (sulfide) groups is 1. The highest BCUT2D eigenvalue weighted by Crippen LogP contribution is 2.20. The van der Waals surface area contributed by atoms with E-state index in [2.05, 4.69) is 10.3 Å². The van der Waals surface area contributed by atoms with E-state index in [1.54, 1.807) is 37.6 Å². The second kappa shape index (κ2) is 8.43. The minimum Gasteiger partial charge on any atom is -0.477 e. The Hall–Kier alpha value is -2.55. The quantitative estimate of drug-likeness (QED) is 0.573. The molecule has 2 heterocycles. The number of nitrogens with zero attached hydrogens (tertiary/aromatic N) is 2. The molecule has 0 saturated carbocycles. The number of rotatable bonds is 6. The molecular formula is C18H23N3O5S.